The third-order valence-electron chi connectivity index (χ3n) is 2.61. The van der Waals surface area contributed by atoms with Crippen molar-refractivity contribution in [1.29, 1.82) is 0 Å². The molecule has 0 atom stereocenters. The van der Waals surface area contributed by atoms with Crippen molar-refractivity contribution in [3.05, 3.63) is 63.8 Å². The molecule has 98 valence electrons. The van der Waals surface area contributed by atoms with Crippen molar-refractivity contribution in [2.24, 2.45) is 0 Å². The number of nitrogens with zero attached hydrogens (tertiary/aromatic N) is 1. The second-order valence-electron chi connectivity index (χ2n) is 3.96. The Bertz CT molecular complexity index is 620. The molecule has 0 radical (unpaired) electrons. The van der Waals surface area contributed by atoms with Gasteiger partial charge in [-0.2, -0.15) is 0 Å². The maximum Gasteiger partial charge on any atom is 0.345 e. The van der Waals surface area contributed by atoms with Crippen LogP contribution in [0.3, 0.4) is 0 Å². The molecule has 0 saturated heterocycles. The lowest BCUT2D eigenvalue weighted by atomic mass is 10.1. The van der Waals surface area contributed by atoms with Gasteiger partial charge in [0.15, 0.2) is 0 Å². The summed E-state index contributed by atoms with van der Waals surface area (Å²) in [6.45, 7) is 2.01. The third-order valence-corrected chi connectivity index (χ3v) is 2.61. The Morgan fingerprint density at radius 1 is 1.32 bits per heavy atom. The van der Waals surface area contributed by atoms with Gasteiger partial charge in [0.1, 0.15) is 0 Å². The number of benzene rings is 1. The fraction of sp³-hybridized carbons (Fsp3) is 0.214. The molecule has 2 rings (SSSR count). The molecule has 0 aliphatic heterocycles. The highest BCUT2D eigenvalue weighted by atomic mass is 16.5. The number of nitrogens with one attached hydrogen (secondary N) is 1. The molecular weight excluding hydrogens is 244 g/mol. The van der Waals surface area contributed by atoms with Crippen LogP contribution in [-0.2, 0) is 11.2 Å². The molecule has 0 saturated carbocycles. The minimum Gasteiger partial charge on any atom is -0.462 e. The number of aromatic amines is 1. The third kappa shape index (κ3) is 3.28. The zero-order chi connectivity index (χ0) is 13.7. The molecule has 1 N–H and O–H groups in total. The first-order chi connectivity index (χ1) is 9.20. The van der Waals surface area contributed by atoms with Gasteiger partial charge in [0, 0.05) is 18.3 Å². The Kier molecular flexibility index (Phi) is 4.07. The minimum atomic E-state index is -0.475. The highest BCUT2D eigenvalue weighted by molar-refractivity contribution is 5.90. The van der Waals surface area contributed by atoms with Crippen LogP contribution >= 0.6 is 0 Å². The summed E-state index contributed by atoms with van der Waals surface area (Å²) in [4.78, 5) is 29.2. The molecule has 0 aliphatic carbocycles. The first kappa shape index (κ1) is 13.0. The average Bonchev–Trinajstić information content (AvgIpc) is 2.40. The van der Waals surface area contributed by atoms with Crippen molar-refractivity contribution < 1.29 is 9.53 Å². The summed E-state index contributed by atoms with van der Waals surface area (Å²) in [6, 6.07) is 9.56. The van der Waals surface area contributed by atoms with Crippen LogP contribution in [0.1, 0.15) is 28.5 Å². The lowest BCUT2D eigenvalue weighted by Gasteiger charge is -2.07. The fourth-order valence-corrected chi connectivity index (χ4v) is 1.75. The molecule has 0 aliphatic rings. The first-order valence-corrected chi connectivity index (χ1v) is 6.00. The maximum atomic E-state index is 11.8. The fourth-order valence-electron chi connectivity index (χ4n) is 1.75. The summed E-state index contributed by atoms with van der Waals surface area (Å²) >= 11 is 0. The molecule has 0 amide bonds. The number of rotatable bonds is 4. The molecule has 1 aromatic carbocycles. The smallest absolute Gasteiger partial charge is 0.345 e. The lowest BCUT2D eigenvalue weighted by molar-refractivity contribution is 0.0524. The summed E-state index contributed by atoms with van der Waals surface area (Å²) in [5.74, 6) is -0.475. The Labute approximate surface area is 110 Å². The Morgan fingerprint density at radius 3 is 2.74 bits per heavy atom. The van der Waals surface area contributed by atoms with Crippen LogP contribution in [0.2, 0.25) is 0 Å². The van der Waals surface area contributed by atoms with Crippen LogP contribution in [0, 0.1) is 0 Å². The summed E-state index contributed by atoms with van der Waals surface area (Å²) in [6.07, 6.45) is 1.71. The SMILES string of the molecule is CCOC(=O)c1cnc(=O)[nH]c1Cc1ccccc1. The number of esters is 1. The van der Waals surface area contributed by atoms with Crippen LogP contribution < -0.4 is 5.69 Å². The van der Waals surface area contributed by atoms with Crippen molar-refractivity contribution in [1.82, 2.24) is 9.97 Å². The molecule has 0 spiro atoms. The number of carbonyl (C=O) groups excluding carboxylic acids is 1. The van der Waals surface area contributed by atoms with E-state index in [-0.39, 0.29) is 6.61 Å². The van der Waals surface area contributed by atoms with Crippen LogP contribution in [0.25, 0.3) is 0 Å². The number of ether oxygens (including phenoxy) is 1. The summed E-state index contributed by atoms with van der Waals surface area (Å²) in [7, 11) is 0. The van der Waals surface area contributed by atoms with Gasteiger partial charge in [0.2, 0.25) is 0 Å². The second-order valence-corrected chi connectivity index (χ2v) is 3.96. The predicted molar refractivity (Wildman–Crippen MR) is 70.1 cm³/mol. The monoisotopic (exact) mass is 258 g/mol. The number of H-pyrrole nitrogens is 1. The molecule has 0 fully saturated rings. The molecule has 19 heavy (non-hydrogen) atoms. The Morgan fingerprint density at radius 2 is 2.05 bits per heavy atom. The zero-order valence-electron chi connectivity index (χ0n) is 10.6. The molecule has 0 bridgehead atoms. The molecule has 1 heterocycles. The van der Waals surface area contributed by atoms with Crippen molar-refractivity contribution >= 4 is 5.97 Å². The molecular formula is C14H14N2O3. The van der Waals surface area contributed by atoms with Crippen LogP contribution in [0.5, 0.6) is 0 Å². The minimum absolute atomic E-state index is 0.280. The summed E-state index contributed by atoms with van der Waals surface area (Å²) < 4.78 is 4.95. The lowest BCUT2D eigenvalue weighted by Crippen LogP contribution is -2.19. The number of aromatic nitrogens is 2. The largest absolute Gasteiger partial charge is 0.462 e. The van der Waals surface area contributed by atoms with E-state index in [0.29, 0.717) is 17.7 Å². The molecule has 5 nitrogen and oxygen atoms in total. The quantitative estimate of drug-likeness (QED) is 0.844. The van der Waals surface area contributed by atoms with E-state index in [1.54, 1.807) is 6.92 Å². The number of hydrogen-bond acceptors (Lipinski definition) is 4. The van der Waals surface area contributed by atoms with Gasteiger partial charge < -0.3 is 9.72 Å². The van der Waals surface area contributed by atoms with Gasteiger partial charge in [0.25, 0.3) is 0 Å². The summed E-state index contributed by atoms with van der Waals surface area (Å²) in [5, 5.41) is 0. The summed E-state index contributed by atoms with van der Waals surface area (Å²) in [5.41, 5.74) is 1.34. The topological polar surface area (TPSA) is 72.0 Å². The van der Waals surface area contributed by atoms with Crippen molar-refractivity contribution in [3.63, 3.8) is 0 Å². The van der Waals surface area contributed by atoms with Crippen molar-refractivity contribution in [2.45, 2.75) is 13.3 Å². The van der Waals surface area contributed by atoms with Crippen LogP contribution in [0.15, 0.2) is 41.3 Å². The normalized spacial score (nSPS) is 10.2. The van der Waals surface area contributed by atoms with Gasteiger partial charge in [-0.05, 0) is 12.5 Å². The van der Waals surface area contributed by atoms with E-state index in [0.717, 1.165) is 5.56 Å². The number of hydrogen-bond donors (Lipinski definition) is 1. The van der Waals surface area contributed by atoms with Gasteiger partial charge in [-0.15, -0.1) is 0 Å². The van der Waals surface area contributed by atoms with Gasteiger partial charge in [-0.3, -0.25) is 0 Å². The van der Waals surface area contributed by atoms with E-state index in [2.05, 4.69) is 9.97 Å². The maximum absolute atomic E-state index is 11.8. The van der Waals surface area contributed by atoms with Gasteiger partial charge in [-0.1, -0.05) is 30.3 Å². The van der Waals surface area contributed by atoms with E-state index < -0.39 is 11.7 Å². The van der Waals surface area contributed by atoms with E-state index in [4.69, 9.17) is 4.74 Å². The molecule has 0 unspecified atom stereocenters. The van der Waals surface area contributed by atoms with Crippen molar-refractivity contribution in [3.8, 4) is 0 Å². The van der Waals surface area contributed by atoms with Crippen LogP contribution in [0.4, 0.5) is 0 Å². The van der Waals surface area contributed by atoms with Gasteiger partial charge in [-0.25, -0.2) is 14.6 Å². The first-order valence-electron chi connectivity index (χ1n) is 6.00. The number of carbonyl (C=O) groups is 1. The van der Waals surface area contributed by atoms with E-state index in [9.17, 15) is 9.59 Å². The van der Waals surface area contributed by atoms with E-state index in [1.807, 2.05) is 30.3 Å². The molecule has 5 heteroatoms. The Balaban J connectivity index is 2.35. The molecule has 1 aromatic heterocycles. The van der Waals surface area contributed by atoms with E-state index in [1.165, 1.54) is 6.20 Å². The van der Waals surface area contributed by atoms with Crippen LogP contribution in [-0.4, -0.2) is 22.5 Å². The highest BCUT2D eigenvalue weighted by Gasteiger charge is 2.14. The average molecular weight is 258 g/mol. The molecule has 2 aromatic rings. The van der Waals surface area contributed by atoms with Gasteiger partial charge >= 0.3 is 11.7 Å². The Hall–Kier alpha value is -2.43. The van der Waals surface area contributed by atoms with Crippen molar-refractivity contribution in [2.75, 3.05) is 6.61 Å². The predicted octanol–water partition coefficient (Wildman–Crippen LogP) is 1.54. The van der Waals surface area contributed by atoms with E-state index >= 15 is 0 Å². The highest BCUT2D eigenvalue weighted by Crippen LogP contribution is 2.11. The zero-order valence-corrected chi connectivity index (χ0v) is 10.6. The second kappa shape index (κ2) is 5.95. The standard InChI is InChI=1S/C14H14N2O3/c1-2-19-13(17)11-9-15-14(18)16-12(11)8-10-6-4-3-5-7-10/h3-7,9H,2,8H2,1H3,(H,15,16,18). The van der Waals surface area contributed by atoms with Gasteiger partial charge in [0.05, 0.1) is 12.2 Å².